The van der Waals surface area contributed by atoms with Crippen molar-refractivity contribution in [3.8, 4) is 0 Å². The van der Waals surface area contributed by atoms with Crippen LogP contribution in [0.3, 0.4) is 0 Å². The third-order valence-corrected chi connectivity index (χ3v) is 3.75. The van der Waals surface area contributed by atoms with Crippen LogP contribution in [0.25, 0.3) is 0 Å². The minimum Gasteiger partial charge on any atom is -0.298 e. The minimum absolute atomic E-state index is 0.107. The zero-order chi connectivity index (χ0) is 11.7. The van der Waals surface area contributed by atoms with Crippen LogP contribution in [-0.4, -0.2) is 10.6 Å². The van der Waals surface area contributed by atoms with Gasteiger partial charge in [-0.05, 0) is 37.0 Å². The van der Waals surface area contributed by atoms with Gasteiger partial charge in [0.15, 0.2) is 0 Å². The average Bonchev–Trinajstić information content (AvgIpc) is 3.06. The van der Waals surface area contributed by atoms with Gasteiger partial charge in [-0.1, -0.05) is 33.6 Å². The fourth-order valence-electron chi connectivity index (χ4n) is 1.60. The molecule has 0 aliphatic heterocycles. The number of benzene rings is 1. The van der Waals surface area contributed by atoms with Crippen LogP contribution in [0.15, 0.2) is 18.2 Å². The number of hydrogen-bond donors (Lipinski definition) is 0. The third kappa shape index (κ3) is 2.83. The highest BCUT2D eigenvalue weighted by Crippen LogP contribution is 2.33. The molecule has 0 heterocycles. The first kappa shape index (κ1) is 12.1. The van der Waals surface area contributed by atoms with E-state index >= 15 is 0 Å². The van der Waals surface area contributed by atoms with Crippen LogP contribution in [-0.2, 0) is 11.2 Å². The Kier molecular flexibility index (Phi) is 3.65. The average molecular weight is 306 g/mol. The summed E-state index contributed by atoms with van der Waals surface area (Å²) in [6.07, 6.45) is 2.57. The molecule has 2 rings (SSSR count). The summed E-state index contributed by atoms with van der Waals surface area (Å²) in [7, 11) is 0. The SMILES string of the molecule is O=C(C(Br)Cc1ccc(F)c(Cl)c1)C1CC1. The van der Waals surface area contributed by atoms with Crippen molar-refractivity contribution in [2.75, 3.05) is 0 Å². The van der Waals surface area contributed by atoms with Gasteiger partial charge in [0.1, 0.15) is 11.6 Å². The van der Waals surface area contributed by atoms with Crippen LogP contribution in [0.4, 0.5) is 4.39 Å². The van der Waals surface area contributed by atoms with Crippen molar-refractivity contribution < 1.29 is 9.18 Å². The summed E-state index contributed by atoms with van der Waals surface area (Å²) in [4.78, 5) is 11.5. The highest BCUT2D eigenvalue weighted by molar-refractivity contribution is 9.10. The van der Waals surface area contributed by atoms with Gasteiger partial charge >= 0.3 is 0 Å². The molecule has 0 bridgehead atoms. The summed E-state index contributed by atoms with van der Waals surface area (Å²) in [5, 5.41) is 0.107. The van der Waals surface area contributed by atoms with Crippen LogP contribution >= 0.6 is 27.5 Å². The van der Waals surface area contributed by atoms with Crippen LogP contribution in [0.5, 0.6) is 0 Å². The van der Waals surface area contributed by atoms with Crippen molar-refractivity contribution in [3.63, 3.8) is 0 Å². The van der Waals surface area contributed by atoms with Crippen LogP contribution in [0.2, 0.25) is 5.02 Å². The Balaban J connectivity index is 2.02. The second-order valence-corrected chi connectivity index (χ2v) is 5.61. The molecule has 1 aliphatic rings. The van der Waals surface area contributed by atoms with E-state index in [1.165, 1.54) is 6.07 Å². The Hall–Kier alpha value is -0.410. The van der Waals surface area contributed by atoms with Gasteiger partial charge in [0, 0.05) is 5.92 Å². The van der Waals surface area contributed by atoms with Crippen molar-refractivity contribution in [3.05, 3.63) is 34.6 Å². The second-order valence-electron chi connectivity index (χ2n) is 4.10. The predicted octanol–water partition coefficient (Wildman–Crippen LogP) is 3.76. The van der Waals surface area contributed by atoms with Gasteiger partial charge in [-0.15, -0.1) is 0 Å². The first-order valence-corrected chi connectivity index (χ1v) is 6.49. The Morgan fingerprint density at radius 1 is 1.56 bits per heavy atom. The predicted molar refractivity (Wildman–Crippen MR) is 65.6 cm³/mol. The summed E-state index contributed by atoms with van der Waals surface area (Å²) in [6.45, 7) is 0. The maximum Gasteiger partial charge on any atom is 0.149 e. The molecule has 0 saturated heterocycles. The molecule has 86 valence electrons. The van der Waals surface area contributed by atoms with Gasteiger partial charge in [0.05, 0.1) is 9.85 Å². The maximum absolute atomic E-state index is 12.9. The minimum atomic E-state index is -0.426. The Morgan fingerprint density at radius 3 is 2.81 bits per heavy atom. The summed E-state index contributed by atoms with van der Waals surface area (Å²) in [5.41, 5.74) is 0.877. The normalized spacial score (nSPS) is 17.2. The van der Waals surface area contributed by atoms with Crippen molar-refractivity contribution in [2.24, 2.45) is 5.92 Å². The fraction of sp³-hybridized carbons (Fsp3) is 0.417. The molecule has 0 radical (unpaired) electrons. The summed E-state index contributed by atoms with van der Waals surface area (Å²) in [5.74, 6) is 0.0609. The first-order chi connectivity index (χ1) is 7.58. The molecule has 0 spiro atoms. The smallest absolute Gasteiger partial charge is 0.149 e. The van der Waals surface area contributed by atoms with Gasteiger partial charge in [-0.25, -0.2) is 4.39 Å². The first-order valence-electron chi connectivity index (χ1n) is 5.19. The molecule has 1 aromatic carbocycles. The largest absolute Gasteiger partial charge is 0.298 e. The lowest BCUT2D eigenvalue weighted by Crippen LogP contribution is -2.18. The van der Waals surface area contributed by atoms with Crippen molar-refractivity contribution in [1.29, 1.82) is 0 Å². The molecule has 1 aromatic rings. The molecule has 16 heavy (non-hydrogen) atoms. The lowest BCUT2D eigenvalue weighted by Gasteiger charge is -2.08. The van der Waals surface area contributed by atoms with Crippen molar-refractivity contribution in [2.45, 2.75) is 24.1 Å². The zero-order valence-electron chi connectivity index (χ0n) is 8.55. The number of carbonyl (C=O) groups excluding carboxylic acids is 1. The van der Waals surface area contributed by atoms with Crippen LogP contribution in [0.1, 0.15) is 18.4 Å². The molecule has 0 N–H and O–H groups in total. The van der Waals surface area contributed by atoms with Gasteiger partial charge in [-0.2, -0.15) is 0 Å². The zero-order valence-corrected chi connectivity index (χ0v) is 10.9. The van der Waals surface area contributed by atoms with E-state index in [1.807, 2.05) is 0 Å². The monoisotopic (exact) mass is 304 g/mol. The molecule has 0 amide bonds. The number of hydrogen-bond acceptors (Lipinski definition) is 1. The van der Waals surface area contributed by atoms with E-state index < -0.39 is 5.82 Å². The van der Waals surface area contributed by atoms with Crippen LogP contribution < -0.4 is 0 Å². The van der Waals surface area contributed by atoms with E-state index in [9.17, 15) is 9.18 Å². The van der Waals surface area contributed by atoms with Crippen LogP contribution in [0, 0.1) is 11.7 Å². The standard InChI is InChI=1S/C12H11BrClFO/c13-9(12(16)8-2-3-8)5-7-1-4-11(15)10(14)6-7/h1,4,6,8-9H,2-3,5H2. The number of halogens is 3. The Morgan fingerprint density at radius 2 is 2.25 bits per heavy atom. The number of ketones is 1. The molecule has 0 aromatic heterocycles. The number of rotatable bonds is 4. The number of Topliss-reactive ketones (excluding diaryl/α,β-unsaturated/α-hetero) is 1. The molecule has 1 aliphatic carbocycles. The molecular formula is C12H11BrClFO. The maximum atomic E-state index is 12.9. The molecule has 1 saturated carbocycles. The van der Waals surface area contributed by atoms with Gasteiger partial charge < -0.3 is 0 Å². The number of carbonyl (C=O) groups is 1. The number of alkyl halides is 1. The highest BCUT2D eigenvalue weighted by Gasteiger charge is 2.33. The van der Waals surface area contributed by atoms with E-state index in [4.69, 9.17) is 11.6 Å². The summed E-state index contributed by atoms with van der Waals surface area (Å²) in [6, 6.07) is 4.57. The van der Waals surface area contributed by atoms with Gasteiger partial charge in [0.2, 0.25) is 0 Å². The van der Waals surface area contributed by atoms with E-state index in [0.717, 1.165) is 18.4 Å². The topological polar surface area (TPSA) is 17.1 Å². The van der Waals surface area contributed by atoms with E-state index in [1.54, 1.807) is 12.1 Å². The molecule has 1 atom stereocenters. The van der Waals surface area contributed by atoms with Crippen molar-refractivity contribution in [1.82, 2.24) is 0 Å². The van der Waals surface area contributed by atoms with Crippen molar-refractivity contribution >= 4 is 33.3 Å². The molecule has 1 unspecified atom stereocenters. The lowest BCUT2D eigenvalue weighted by molar-refractivity contribution is -0.119. The molecule has 1 fully saturated rings. The summed E-state index contributed by atoms with van der Waals surface area (Å²) >= 11 is 9.05. The second kappa shape index (κ2) is 4.84. The molecule has 4 heteroatoms. The Labute approximate surface area is 107 Å². The highest BCUT2D eigenvalue weighted by atomic mass is 79.9. The van der Waals surface area contributed by atoms with E-state index in [0.29, 0.717) is 6.42 Å². The van der Waals surface area contributed by atoms with Gasteiger partial charge in [0.25, 0.3) is 0 Å². The fourth-order valence-corrected chi connectivity index (χ4v) is 2.55. The van der Waals surface area contributed by atoms with Gasteiger partial charge in [-0.3, -0.25) is 4.79 Å². The quantitative estimate of drug-likeness (QED) is 0.774. The van der Waals surface area contributed by atoms with E-state index in [2.05, 4.69) is 15.9 Å². The van der Waals surface area contributed by atoms with E-state index in [-0.39, 0.29) is 21.6 Å². The lowest BCUT2D eigenvalue weighted by atomic mass is 10.1. The Bertz CT molecular complexity index is 417. The molecule has 1 nitrogen and oxygen atoms in total. The molecular weight excluding hydrogens is 294 g/mol. The third-order valence-electron chi connectivity index (χ3n) is 2.69. The summed E-state index contributed by atoms with van der Waals surface area (Å²) < 4.78 is 12.9.